The van der Waals surface area contributed by atoms with E-state index in [1.165, 1.54) is 0 Å². The number of rotatable bonds is 15. The highest BCUT2D eigenvalue weighted by atomic mass is 79.9. The van der Waals surface area contributed by atoms with Crippen molar-refractivity contribution >= 4 is 45.4 Å². The molecule has 4 aromatic rings. The van der Waals surface area contributed by atoms with Crippen LogP contribution in [0.4, 0.5) is 0 Å². The topological polar surface area (TPSA) is 165 Å². The van der Waals surface area contributed by atoms with Gasteiger partial charge in [0.25, 0.3) is 0 Å². The van der Waals surface area contributed by atoms with Gasteiger partial charge in [-0.3, -0.25) is 15.1 Å². The van der Waals surface area contributed by atoms with E-state index >= 15 is 0 Å². The Hall–Kier alpha value is -4.75. The minimum atomic E-state index is -1.26. The second kappa shape index (κ2) is 19.9. The first-order valence-corrected chi connectivity index (χ1v) is 16.1. The molecule has 0 saturated carbocycles. The zero-order valence-electron chi connectivity index (χ0n) is 26.7. The number of nitrogens with zero attached hydrogens (tertiary/aromatic N) is 1. The Labute approximate surface area is 297 Å². The highest BCUT2D eigenvalue weighted by Crippen LogP contribution is 2.36. The number of benzene rings is 3. The number of pyridine rings is 1. The third-order valence-corrected chi connectivity index (χ3v) is 7.74. The van der Waals surface area contributed by atoms with Gasteiger partial charge in [0, 0.05) is 58.3 Å². The maximum Gasteiger partial charge on any atom is 0.328 e. The van der Waals surface area contributed by atoms with Crippen LogP contribution in [0.3, 0.4) is 0 Å². The molecule has 0 aliphatic rings. The first-order chi connectivity index (χ1) is 23.5. The first kappa shape index (κ1) is 38.7. The second-order valence-electron chi connectivity index (χ2n) is 10.6. The summed E-state index contributed by atoms with van der Waals surface area (Å²) in [6.07, 6.45) is 4.25. The van der Waals surface area contributed by atoms with Gasteiger partial charge in [0.1, 0.15) is 30.8 Å². The summed E-state index contributed by atoms with van der Waals surface area (Å²) in [5, 5.41) is 28.8. The van der Waals surface area contributed by atoms with E-state index in [4.69, 9.17) is 36.0 Å². The van der Waals surface area contributed by atoms with Crippen molar-refractivity contribution in [2.45, 2.75) is 45.8 Å². The lowest BCUT2D eigenvalue weighted by atomic mass is 10.0. The molecule has 13 heteroatoms. The SMILES string of the molecule is CC(C)OC(=O)[C@H](CO)NCc1cc(Cl)c(OCc2cccc(-c3ccccc3)c2Br)cc1OCc1cccnc1.O=C(O)/C=C\C(=O)O. The highest BCUT2D eigenvalue weighted by Gasteiger charge is 2.21. The van der Waals surface area contributed by atoms with Gasteiger partial charge in [-0.05, 0) is 53.0 Å². The summed E-state index contributed by atoms with van der Waals surface area (Å²) in [5.74, 6) is -2.08. The third-order valence-electron chi connectivity index (χ3n) is 6.51. The van der Waals surface area contributed by atoms with Crippen LogP contribution in [0.2, 0.25) is 5.02 Å². The molecule has 0 amide bonds. The molecule has 49 heavy (non-hydrogen) atoms. The van der Waals surface area contributed by atoms with Crippen LogP contribution in [0.15, 0.2) is 102 Å². The van der Waals surface area contributed by atoms with Gasteiger partial charge in [-0.2, -0.15) is 0 Å². The van der Waals surface area contributed by atoms with Crippen molar-refractivity contribution in [1.82, 2.24) is 10.3 Å². The van der Waals surface area contributed by atoms with E-state index in [0.29, 0.717) is 34.2 Å². The van der Waals surface area contributed by atoms with E-state index in [1.54, 1.807) is 38.4 Å². The van der Waals surface area contributed by atoms with Crippen LogP contribution >= 0.6 is 27.5 Å². The van der Waals surface area contributed by atoms with E-state index in [9.17, 15) is 19.5 Å². The largest absolute Gasteiger partial charge is 0.488 e. The molecule has 0 radical (unpaired) electrons. The van der Waals surface area contributed by atoms with E-state index in [0.717, 1.165) is 26.7 Å². The Balaban J connectivity index is 0.000000723. The van der Waals surface area contributed by atoms with Gasteiger partial charge in [0.15, 0.2) is 0 Å². The highest BCUT2D eigenvalue weighted by molar-refractivity contribution is 9.10. The first-order valence-electron chi connectivity index (χ1n) is 15.0. The molecular formula is C36H36BrClN2O9. The van der Waals surface area contributed by atoms with Crippen molar-refractivity contribution in [1.29, 1.82) is 0 Å². The van der Waals surface area contributed by atoms with Crippen LogP contribution in [0.5, 0.6) is 11.5 Å². The third kappa shape index (κ3) is 13.0. The van der Waals surface area contributed by atoms with Gasteiger partial charge in [-0.1, -0.05) is 66.2 Å². The predicted molar refractivity (Wildman–Crippen MR) is 187 cm³/mol. The van der Waals surface area contributed by atoms with Crippen molar-refractivity contribution in [3.8, 4) is 22.6 Å². The summed E-state index contributed by atoms with van der Waals surface area (Å²) < 4.78 is 18.5. The summed E-state index contributed by atoms with van der Waals surface area (Å²) in [5.41, 5.74) is 4.70. The van der Waals surface area contributed by atoms with Gasteiger partial charge >= 0.3 is 17.9 Å². The van der Waals surface area contributed by atoms with Crippen LogP contribution in [-0.2, 0) is 38.9 Å². The summed E-state index contributed by atoms with van der Waals surface area (Å²) in [6.45, 7) is 3.84. The maximum absolute atomic E-state index is 12.4. The summed E-state index contributed by atoms with van der Waals surface area (Å²) in [7, 11) is 0. The van der Waals surface area contributed by atoms with Gasteiger partial charge in [0.2, 0.25) is 0 Å². The number of carboxylic acid groups (broad SMARTS) is 2. The molecule has 1 aromatic heterocycles. The Morgan fingerprint density at radius 2 is 1.59 bits per heavy atom. The van der Waals surface area contributed by atoms with Crippen molar-refractivity contribution in [2.24, 2.45) is 0 Å². The lowest BCUT2D eigenvalue weighted by molar-refractivity contribution is -0.151. The smallest absolute Gasteiger partial charge is 0.328 e. The summed E-state index contributed by atoms with van der Waals surface area (Å²) in [6, 6.07) is 22.5. The minimum absolute atomic E-state index is 0.200. The molecule has 0 bridgehead atoms. The van der Waals surface area contributed by atoms with E-state index in [2.05, 4.69) is 44.4 Å². The number of aliphatic hydroxyl groups is 1. The number of aliphatic carboxylic acids is 2. The molecule has 0 spiro atoms. The Bertz CT molecular complexity index is 1700. The molecule has 0 aliphatic carbocycles. The van der Waals surface area contributed by atoms with E-state index in [-0.39, 0.29) is 25.9 Å². The molecule has 3 aromatic carbocycles. The van der Waals surface area contributed by atoms with E-state index < -0.39 is 30.6 Å². The number of nitrogens with one attached hydrogen (secondary N) is 1. The van der Waals surface area contributed by atoms with Crippen LogP contribution < -0.4 is 14.8 Å². The Kier molecular flexibility index (Phi) is 15.7. The Morgan fingerprint density at radius 3 is 2.20 bits per heavy atom. The van der Waals surface area contributed by atoms with Gasteiger partial charge < -0.3 is 29.5 Å². The molecule has 4 N–H and O–H groups in total. The normalized spacial score (nSPS) is 11.4. The molecule has 0 fully saturated rings. The standard InChI is InChI=1S/C32H32BrClN2O5.C4H4O4/c1-21(2)41-32(38)28(18-37)36-17-25-14-27(34)30(15-29(25)39-19-22-8-7-13-35-16-22)40-20-24-11-6-12-26(31(24)33)23-9-4-3-5-10-23;5-3(6)1-2-4(7)8/h3-16,21,28,36-37H,17-20H2,1-2H3;1-2H,(H,5,6)(H,7,8)/b;2-1-/t28-;/m0./s1. The zero-order valence-corrected chi connectivity index (χ0v) is 29.1. The summed E-state index contributed by atoms with van der Waals surface area (Å²) >= 11 is 10.4. The number of halogens is 2. The second-order valence-corrected chi connectivity index (χ2v) is 11.8. The molecule has 0 aliphatic heterocycles. The predicted octanol–water partition coefficient (Wildman–Crippen LogP) is 6.44. The molecule has 0 saturated heterocycles. The van der Waals surface area contributed by atoms with Crippen LogP contribution in [-0.4, -0.2) is 57.0 Å². The number of aliphatic hydroxyl groups excluding tert-OH is 1. The number of aromatic nitrogens is 1. The van der Waals surface area contributed by atoms with Crippen LogP contribution in [0, 0.1) is 0 Å². The fourth-order valence-electron chi connectivity index (χ4n) is 4.20. The maximum atomic E-state index is 12.4. The quantitative estimate of drug-likeness (QED) is 0.0780. The molecule has 0 unspecified atom stereocenters. The van der Waals surface area contributed by atoms with Gasteiger partial charge in [-0.25, -0.2) is 9.59 Å². The van der Waals surface area contributed by atoms with Crippen molar-refractivity contribution in [3.05, 3.63) is 124 Å². The molecular weight excluding hydrogens is 720 g/mol. The fourth-order valence-corrected chi connectivity index (χ4v) is 5.05. The van der Waals surface area contributed by atoms with Crippen molar-refractivity contribution < 1.29 is 43.9 Å². The molecule has 1 heterocycles. The number of carbonyl (C=O) groups is 3. The molecule has 258 valence electrons. The lowest BCUT2D eigenvalue weighted by Gasteiger charge is -2.20. The van der Waals surface area contributed by atoms with Crippen LogP contribution in [0.1, 0.15) is 30.5 Å². The number of carboxylic acids is 2. The van der Waals surface area contributed by atoms with Crippen molar-refractivity contribution in [2.75, 3.05) is 6.61 Å². The van der Waals surface area contributed by atoms with E-state index in [1.807, 2.05) is 42.5 Å². The lowest BCUT2D eigenvalue weighted by Crippen LogP contribution is -2.41. The van der Waals surface area contributed by atoms with Crippen LogP contribution in [0.25, 0.3) is 11.1 Å². The Morgan fingerprint density at radius 1 is 0.898 bits per heavy atom. The van der Waals surface area contributed by atoms with Gasteiger partial charge in [-0.15, -0.1) is 0 Å². The number of ether oxygens (including phenoxy) is 3. The van der Waals surface area contributed by atoms with Crippen molar-refractivity contribution in [3.63, 3.8) is 0 Å². The fraction of sp³-hybridized carbons (Fsp3) is 0.222. The average molecular weight is 756 g/mol. The average Bonchev–Trinajstić information content (AvgIpc) is 3.08. The number of carbonyl (C=O) groups excluding carboxylic acids is 1. The molecule has 11 nitrogen and oxygen atoms in total. The number of hydrogen-bond donors (Lipinski definition) is 4. The monoisotopic (exact) mass is 754 g/mol. The number of esters is 1. The molecule has 4 rings (SSSR count). The number of hydrogen-bond acceptors (Lipinski definition) is 9. The zero-order chi connectivity index (χ0) is 35.8. The molecule has 1 atom stereocenters. The summed E-state index contributed by atoms with van der Waals surface area (Å²) in [4.78, 5) is 35.6. The minimum Gasteiger partial charge on any atom is -0.488 e. The van der Waals surface area contributed by atoms with Gasteiger partial charge in [0.05, 0.1) is 17.7 Å².